The summed E-state index contributed by atoms with van der Waals surface area (Å²) in [5.74, 6) is 0.465. The van der Waals surface area contributed by atoms with Crippen molar-refractivity contribution in [2.45, 2.75) is 59.2 Å². The molecule has 0 spiro atoms. The maximum Gasteiger partial charge on any atom is 0.0905 e. The van der Waals surface area contributed by atoms with Crippen LogP contribution in [0.25, 0.3) is 0 Å². The van der Waals surface area contributed by atoms with Crippen LogP contribution in [0.3, 0.4) is 0 Å². The lowest BCUT2D eigenvalue weighted by atomic mass is 9.76. The summed E-state index contributed by atoms with van der Waals surface area (Å²) >= 11 is 0. The van der Waals surface area contributed by atoms with Gasteiger partial charge in [-0.2, -0.15) is 0 Å². The molecule has 0 saturated carbocycles. The molecule has 0 radical (unpaired) electrons. The van der Waals surface area contributed by atoms with E-state index in [0.29, 0.717) is 5.92 Å². The van der Waals surface area contributed by atoms with Gasteiger partial charge in [-0.05, 0) is 37.3 Å². The molecule has 17 heavy (non-hydrogen) atoms. The van der Waals surface area contributed by atoms with Gasteiger partial charge in [-0.3, -0.25) is 0 Å². The normalized spacial score (nSPS) is 24.1. The quantitative estimate of drug-likeness (QED) is 0.682. The van der Waals surface area contributed by atoms with Crippen molar-refractivity contribution in [3.63, 3.8) is 0 Å². The average Bonchev–Trinajstić information content (AvgIpc) is 2.34. The van der Waals surface area contributed by atoms with Crippen molar-refractivity contribution < 1.29 is 4.74 Å². The fourth-order valence-corrected chi connectivity index (χ4v) is 2.77. The largest absolute Gasteiger partial charge is 0.367 e. The summed E-state index contributed by atoms with van der Waals surface area (Å²) in [6.07, 6.45) is 0.208. The molecule has 0 amide bonds. The molecule has 1 heteroatoms. The van der Waals surface area contributed by atoms with Gasteiger partial charge in [0.2, 0.25) is 0 Å². The van der Waals surface area contributed by atoms with Gasteiger partial charge in [-0.25, -0.2) is 0 Å². The third kappa shape index (κ3) is 2.55. The number of rotatable bonds is 1. The molecular weight excluding hydrogens is 208 g/mol. The molecule has 0 heterocycles. The predicted octanol–water partition coefficient (Wildman–Crippen LogP) is 4.69. The summed E-state index contributed by atoms with van der Waals surface area (Å²) in [6.45, 7) is 13.3. The van der Waals surface area contributed by atoms with E-state index in [-0.39, 0.29) is 17.1 Å². The summed E-state index contributed by atoms with van der Waals surface area (Å²) < 4.78 is 6.29. The Labute approximate surface area is 105 Å². The standard InChI is InChI=1S/C16H24O/c1-15(2,3)13-11-8-7-9-12(10-11)14(13)17-16(4,5)6/h7-10,13-14H,1-6H3. The number of fused-ring (bicyclic) bond motifs is 2. The Bertz CT molecular complexity index is 406. The SMILES string of the molecule is CC(C)(C)OC1c2cccc(c2)C1C(C)(C)C. The van der Waals surface area contributed by atoms with Crippen LogP contribution in [0.2, 0.25) is 0 Å². The highest BCUT2D eigenvalue weighted by Crippen LogP contribution is 2.51. The van der Waals surface area contributed by atoms with Gasteiger partial charge >= 0.3 is 0 Å². The molecule has 1 aromatic carbocycles. The lowest BCUT2D eigenvalue weighted by Gasteiger charge is -2.36. The van der Waals surface area contributed by atoms with E-state index in [4.69, 9.17) is 4.74 Å². The van der Waals surface area contributed by atoms with E-state index in [0.717, 1.165) is 0 Å². The minimum atomic E-state index is -0.0963. The van der Waals surface area contributed by atoms with E-state index in [9.17, 15) is 0 Å². The molecule has 0 saturated heterocycles. The molecule has 2 bridgehead atoms. The van der Waals surface area contributed by atoms with Crippen LogP contribution < -0.4 is 0 Å². The third-order valence-electron chi connectivity index (χ3n) is 3.31. The van der Waals surface area contributed by atoms with E-state index in [2.05, 4.69) is 65.8 Å². The van der Waals surface area contributed by atoms with Crippen LogP contribution in [0.5, 0.6) is 0 Å². The fraction of sp³-hybridized carbons (Fsp3) is 0.625. The molecule has 0 N–H and O–H groups in total. The van der Waals surface area contributed by atoms with Gasteiger partial charge in [0.1, 0.15) is 0 Å². The maximum absolute atomic E-state index is 6.29. The second-order valence-corrected chi connectivity index (χ2v) is 7.16. The molecule has 2 atom stereocenters. The van der Waals surface area contributed by atoms with Crippen LogP contribution in [0.4, 0.5) is 0 Å². The summed E-state index contributed by atoms with van der Waals surface area (Å²) in [5.41, 5.74) is 2.88. The zero-order chi connectivity index (χ0) is 12.8. The number of hydrogen-bond acceptors (Lipinski definition) is 1. The predicted molar refractivity (Wildman–Crippen MR) is 72.2 cm³/mol. The Kier molecular flexibility index (Phi) is 2.86. The van der Waals surface area contributed by atoms with Gasteiger partial charge in [0.05, 0.1) is 11.7 Å². The van der Waals surface area contributed by atoms with Gasteiger partial charge in [0.25, 0.3) is 0 Å². The van der Waals surface area contributed by atoms with E-state index < -0.39 is 0 Å². The Balaban J connectivity index is 2.35. The average molecular weight is 232 g/mol. The van der Waals surface area contributed by atoms with Crippen molar-refractivity contribution in [3.8, 4) is 0 Å². The van der Waals surface area contributed by atoms with Crippen LogP contribution in [0, 0.1) is 5.41 Å². The Morgan fingerprint density at radius 3 is 2.06 bits per heavy atom. The molecule has 2 unspecified atom stereocenters. The number of hydrogen-bond donors (Lipinski definition) is 0. The van der Waals surface area contributed by atoms with Gasteiger partial charge < -0.3 is 4.74 Å². The van der Waals surface area contributed by atoms with Crippen LogP contribution in [0.15, 0.2) is 24.3 Å². The second kappa shape index (κ2) is 3.84. The van der Waals surface area contributed by atoms with Gasteiger partial charge in [0.15, 0.2) is 0 Å². The van der Waals surface area contributed by atoms with E-state index in [1.54, 1.807) is 0 Å². The van der Waals surface area contributed by atoms with Gasteiger partial charge in [0, 0.05) is 5.92 Å². The Morgan fingerprint density at radius 2 is 1.53 bits per heavy atom. The minimum absolute atomic E-state index is 0.0963. The summed E-state index contributed by atoms with van der Waals surface area (Å²) in [4.78, 5) is 0. The van der Waals surface area contributed by atoms with Crippen molar-refractivity contribution in [2.75, 3.05) is 0 Å². The van der Waals surface area contributed by atoms with Crippen molar-refractivity contribution in [3.05, 3.63) is 35.4 Å². The number of ether oxygens (including phenoxy) is 1. The molecule has 1 aromatic rings. The molecule has 0 aromatic heterocycles. The lowest BCUT2D eigenvalue weighted by Crippen LogP contribution is -2.29. The molecular formula is C16H24O. The molecule has 2 rings (SSSR count). The molecule has 94 valence electrons. The van der Waals surface area contributed by atoms with Gasteiger partial charge in [-0.1, -0.05) is 45.0 Å². The van der Waals surface area contributed by atoms with Crippen LogP contribution in [-0.4, -0.2) is 5.60 Å². The van der Waals surface area contributed by atoms with Crippen LogP contribution in [0.1, 0.15) is 64.7 Å². The van der Waals surface area contributed by atoms with Crippen molar-refractivity contribution in [1.82, 2.24) is 0 Å². The highest BCUT2D eigenvalue weighted by Gasteiger charge is 2.41. The first-order valence-corrected chi connectivity index (χ1v) is 6.46. The molecule has 0 aliphatic heterocycles. The molecule has 1 aliphatic rings. The van der Waals surface area contributed by atoms with E-state index >= 15 is 0 Å². The van der Waals surface area contributed by atoms with Crippen molar-refractivity contribution in [2.24, 2.45) is 5.41 Å². The third-order valence-corrected chi connectivity index (χ3v) is 3.31. The first kappa shape index (κ1) is 12.6. The van der Waals surface area contributed by atoms with Crippen LogP contribution >= 0.6 is 0 Å². The molecule has 1 nitrogen and oxygen atoms in total. The molecule has 1 aliphatic carbocycles. The lowest BCUT2D eigenvalue weighted by molar-refractivity contribution is -0.0846. The second-order valence-electron chi connectivity index (χ2n) is 7.16. The Hall–Kier alpha value is -0.820. The van der Waals surface area contributed by atoms with E-state index in [1.165, 1.54) is 11.1 Å². The maximum atomic E-state index is 6.29. The zero-order valence-corrected chi connectivity index (χ0v) is 11.9. The highest BCUT2D eigenvalue weighted by molar-refractivity contribution is 5.38. The van der Waals surface area contributed by atoms with E-state index in [1.807, 2.05) is 0 Å². The number of benzene rings is 1. The fourth-order valence-electron chi connectivity index (χ4n) is 2.77. The Morgan fingerprint density at radius 1 is 0.941 bits per heavy atom. The summed E-state index contributed by atoms with van der Waals surface area (Å²) in [7, 11) is 0. The molecule has 0 fully saturated rings. The van der Waals surface area contributed by atoms with Crippen molar-refractivity contribution in [1.29, 1.82) is 0 Å². The minimum Gasteiger partial charge on any atom is -0.367 e. The first-order chi connectivity index (χ1) is 7.68. The summed E-state index contributed by atoms with van der Waals surface area (Å²) in [5, 5.41) is 0. The topological polar surface area (TPSA) is 9.23 Å². The first-order valence-electron chi connectivity index (χ1n) is 6.46. The van der Waals surface area contributed by atoms with Gasteiger partial charge in [-0.15, -0.1) is 0 Å². The summed E-state index contributed by atoms with van der Waals surface area (Å²) in [6, 6.07) is 8.86. The van der Waals surface area contributed by atoms with Crippen molar-refractivity contribution >= 4 is 0 Å². The zero-order valence-electron chi connectivity index (χ0n) is 11.9. The monoisotopic (exact) mass is 232 g/mol. The highest BCUT2D eigenvalue weighted by atomic mass is 16.5. The smallest absolute Gasteiger partial charge is 0.0905 e. The van der Waals surface area contributed by atoms with Crippen LogP contribution in [-0.2, 0) is 4.74 Å².